The van der Waals surface area contributed by atoms with Crippen molar-refractivity contribution in [2.75, 3.05) is 7.11 Å². The van der Waals surface area contributed by atoms with Crippen LogP contribution in [0.4, 0.5) is 0 Å². The van der Waals surface area contributed by atoms with E-state index >= 15 is 0 Å². The molecule has 0 bridgehead atoms. The largest absolute Gasteiger partial charge is 0.467 e. The zero-order valence-corrected chi connectivity index (χ0v) is 12.9. The maximum atomic E-state index is 12.3. The number of hydrogen-bond donors (Lipinski definition) is 1. The Morgan fingerprint density at radius 3 is 2.15 bits per heavy atom. The maximum absolute atomic E-state index is 12.3. The van der Waals surface area contributed by atoms with E-state index in [1.807, 2.05) is 26.0 Å². The second-order valence-electron chi connectivity index (χ2n) is 5.03. The van der Waals surface area contributed by atoms with Gasteiger partial charge in [0, 0.05) is 5.02 Å². The van der Waals surface area contributed by atoms with Crippen molar-refractivity contribution in [3.63, 3.8) is 0 Å². The molecule has 0 aliphatic heterocycles. The van der Waals surface area contributed by atoms with Gasteiger partial charge >= 0.3 is 5.97 Å². The number of amides is 1. The molecule has 0 aromatic heterocycles. The number of halogens is 1. The first-order chi connectivity index (χ1) is 9.36. The van der Waals surface area contributed by atoms with Crippen molar-refractivity contribution in [2.24, 2.45) is 5.92 Å². The fourth-order valence-electron chi connectivity index (χ4n) is 2.05. The van der Waals surface area contributed by atoms with Gasteiger partial charge in [-0.2, -0.15) is 0 Å². The zero-order valence-electron chi connectivity index (χ0n) is 12.1. The summed E-state index contributed by atoms with van der Waals surface area (Å²) in [5.74, 6) is -0.891. The number of nitrogens with one attached hydrogen (secondary N) is 1. The minimum absolute atomic E-state index is 0.0982. The molecule has 5 heteroatoms. The fourth-order valence-corrected chi connectivity index (χ4v) is 2.17. The molecule has 0 saturated carbocycles. The van der Waals surface area contributed by atoms with Crippen molar-refractivity contribution < 1.29 is 14.3 Å². The smallest absolute Gasteiger partial charge is 0.328 e. The van der Waals surface area contributed by atoms with Gasteiger partial charge in [-0.05, 0) is 30.5 Å². The van der Waals surface area contributed by atoms with Gasteiger partial charge < -0.3 is 10.1 Å². The Bertz CT molecular complexity index is 471. The Balaban J connectivity index is 2.88. The minimum Gasteiger partial charge on any atom is -0.467 e. The molecular weight excluding hydrogens is 278 g/mol. The normalized spacial score (nSPS) is 13.7. The predicted octanol–water partition coefficient (Wildman–Crippen LogP) is 2.76. The highest BCUT2D eigenvalue weighted by Crippen LogP contribution is 2.26. The van der Waals surface area contributed by atoms with E-state index in [4.69, 9.17) is 11.6 Å². The molecule has 0 aliphatic rings. The van der Waals surface area contributed by atoms with Gasteiger partial charge in [0.05, 0.1) is 13.0 Å². The van der Waals surface area contributed by atoms with E-state index in [2.05, 4.69) is 10.1 Å². The molecule has 0 aliphatic carbocycles. The minimum atomic E-state index is -0.666. The topological polar surface area (TPSA) is 55.4 Å². The summed E-state index contributed by atoms with van der Waals surface area (Å²) in [5.41, 5.74) is 0.874. The predicted molar refractivity (Wildman–Crippen MR) is 78.7 cm³/mol. The van der Waals surface area contributed by atoms with Gasteiger partial charge in [-0.15, -0.1) is 0 Å². The van der Waals surface area contributed by atoms with Crippen LogP contribution in [0.25, 0.3) is 0 Å². The number of carbonyl (C=O) groups excluding carboxylic acids is 2. The molecule has 20 heavy (non-hydrogen) atoms. The highest BCUT2D eigenvalue weighted by molar-refractivity contribution is 6.30. The number of carbonyl (C=O) groups is 2. The van der Waals surface area contributed by atoms with E-state index in [1.54, 1.807) is 19.1 Å². The lowest BCUT2D eigenvalue weighted by atomic mass is 9.87. The molecule has 1 aromatic rings. The van der Waals surface area contributed by atoms with Crippen molar-refractivity contribution in [1.29, 1.82) is 0 Å². The third-order valence-corrected chi connectivity index (χ3v) is 3.34. The molecule has 0 saturated heterocycles. The summed E-state index contributed by atoms with van der Waals surface area (Å²) in [4.78, 5) is 23.7. The summed E-state index contributed by atoms with van der Waals surface area (Å²) in [5, 5.41) is 3.30. The lowest BCUT2D eigenvalue weighted by molar-refractivity contribution is -0.144. The van der Waals surface area contributed by atoms with E-state index in [0.717, 1.165) is 5.56 Å². The molecule has 1 amide bonds. The van der Waals surface area contributed by atoms with Gasteiger partial charge in [0.25, 0.3) is 0 Å². The van der Waals surface area contributed by atoms with E-state index in [9.17, 15) is 9.59 Å². The summed E-state index contributed by atoms with van der Waals surface area (Å²) >= 11 is 5.86. The van der Waals surface area contributed by atoms with Gasteiger partial charge in [0.15, 0.2) is 0 Å². The van der Waals surface area contributed by atoms with E-state index in [-0.39, 0.29) is 17.7 Å². The molecule has 1 N–H and O–H groups in total. The molecular formula is C15H20ClNO3. The van der Waals surface area contributed by atoms with Crippen LogP contribution in [0.5, 0.6) is 0 Å². The Morgan fingerprint density at radius 1 is 1.15 bits per heavy atom. The first-order valence-electron chi connectivity index (χ1n) is 6.50. The Kier molecular flexibility index (Phi) is 6.02. The van der Waals surface area contributed by atoms with Crippen LogP contribution in [0.3, 0.4) is 0 Å². The summed E-state index contributed by atoms with van der Waals surface area (Å²) in [6.07, 6.45) is 0. The fraction of sp³-hybridized carbons (Fsp3) is 0.467. The molecule has 0 radical (unpaired) electrons. The molecule has 1 aromatic carbocycles. The Labute approximate surface area is 124 Å². The molecule has 4 nitrogen and oxygen atoms in total. The third kappa shape index (κ3) is 4.23. The molecule has 0 heterocycles. The Hall–Kier alpha value is -1.55. The molecule has 110 valence electrons. The van der Waals surface area contributed by atoms with Crippen molar-refractivity contribution >= 4 is 23.5 Å². The third-order valence-electron chi connectivity index (χ3n) is 3.09. The van der Waals surface area contributed by atoms with Crippen molar-refractivity contribution in [3.8, 4) is 0 Å². The van der Waals surface area contributed by atoms with Crippen molar-refractivity contribution in [3.05, 3.63) is 34.9 Å². The van der Waals surface area contributed by atoms with Crippen LogP contribution in [-0.4, -0.2) is 25.0 Å². The summed E-state index contributed by atoms with van der Waals surface area (Å²) in [6, 6.07) is 6.50. The van der Waals surface area contributed by atoms with Crippen LogP contribution >= 0.6 is 11.6 Å². The first-order valence-corrected chi connectivity index (χ1v) is 6.88. The van der Waals surface area contributed by atoms with Crippen LogP contribution < -0.4 is 5.32 Å². The summed E-state index contributed by atoms with van der Waals surface area (Å²) < 4.78 is 4.60. The molecule has 2 atom stereocenters. The highest BCUT2D eigenvalue weighted by Gasteiger charge is 2.27. The average Bonchev–Trinajstić information content (AvgIpc) is 2.39. The standard InChI is InChI=1S/C15H20ClNO3/c1-9(2)13(11-5-7-12(16)8-6-11)14(18)17-10(3)15(19)20-4/h5-10,13H,1-4H3,(H,17,18). The number of esters is 1. The molecule has 2 unspecified atom stereocenters. The Morgan fingerprint density at radius 2 is 1.70 bits per heavy atom. The summed E-state index contributed by atoms with van der Waals surface area (Å²) in [7, 11) is 1.30. The SMILES string of the molecule is COC(=O)C(C)NC(=O)C(c1ccc(Cl)cc1)C(C)C. The van der Waals surface area contributed by atoms with Gasteiger partial charge in [-0.1, -0.05) is 37.6 Å². The van der Waals surface area contributed by atoms with Gasteiger partial charge in [0.1, 0.15) is 6.04 Å². The van der Waals surface area contributed by atoms with E-state index < -0.39 is 12.0 Å². The quantitative estimate of drug-likeness (QED) is 0.850. The number of benzene rings is 1. The number of rotatable bonds is 5. The van der Waals surface area contributed by atoms with Crippen LogP contribution in [0.1, 0.15) is 32.3 Å². The van der Waals surface area contributed by atoms with Crippen molar-refractivity contribution in [2.45, 2.75) is 32.7 Å². The van der Waals surface area contributed by atoms with Gasteiger partial charge in [0.2, 0.25) is 5.91 Å². The second-order valence-corrected chi connectivity index (χ2v) is 5.46. The second kappa shape index (κ2) is 7.29. The van der Waals surface area contributed by atoms with Crippen molar-refractivity contribution in [1.82, 2.24) is 5.32 Å². The number of ether oxygens (including phenoxy) is 1. The van der Waals surface area contributed by atoms with Crippen LogP contribution in [0.2, 0.25) is 5.02 Å². The monoisotopic (exact) mass is 297 g/mol. The zero-order chi connectivity index (χ0) is 15.3. The average molecular weight is 298 g/mol. The molecule has 0 spiro atoms. The van der Waals surface area contributed by atoms with Crippen LogP contribution in [-0.2, 0) is 14.3 Å². The summed E-state index contributed by atoms with van der Waals surface area (Å²) in [6.45, 7) is 5.52. The molecule has 1 rings (SSSR count). The van der Waals surface area contributed by atoms with Crippen LogP contribution in [0.15, 0.2) is 24.3 Å². The number of hydrogen-bond acceptors (Lipinski definition) is 3. The molecule has 0 fully saturated rings. The number of methoxy groups -OCH3 is 1. The van der Waals surface area contributed by atoms with Gasteiger partial charge in [-0.25, -0.2) is 4.79 Å². The highest BCUT2D eigenvalue weighted by atomic mass is 35.5. The lowest BCUT2D eigenvalue weighted by Gasteiger charge is -2.22. The van der Waals surface area contributed by atoms with E-state index in [1.165, 1.54) is 7.11 Å². The van der Waals surface area contributed by atoms with Gasteiger partial charge in [-0.3, -0.25) is 4.79 Å². The first kappa shape index (κ1) is 16.5. The lowest BCUT2D eigenvalue weighted by Crippen LogP contribution is -2.42. The van der Waals surface area contributed by atoms with Crippen LogP contribution in [0, 0.1) is 5.92 Å². The van der Waals surface area contributed by atoms with E-state index in [0.29, 0.717) is 5.02 Å². The maximum Gasteiger partial charge on any atom is 0.328 e.